The molecule has 2 N–H and O–H groups in total. The molecule has 1 amide bonds. The number of carbonyl (C=O) groups excluding carboxylic acids is 1. The van der Waals surface area contributed by atoms with Gasteiger partial charge in [-0.3, -0.25) is 14.2 Å². The number of rotatable bonds is 6. The first-order valence-electron chi connectivity index (χ1n) is 8.39. The Bertz CT molecular complexity index is 845. The smallest absolute Gasteiger partial charge is 0.286 e. The summed E-state index contributed by atoms with van der Waals surface area (Å²) in [5.74, 6) is 0.505. The molecule has 2 aromatic rings. The third-order valence-electron chi connectivity index (χ3n) is 4.36. The van der Waals surface area contributed by atoms with Crippen molar-refractivity contribution in [1.29, 1.82) is 0 Å². The van der Waals surface area contributed by atoms with E-state index in [1.807, 2.05) is 36.1 Å². The van der Waals surface area contributed by atoms with Crippen LogP contribution in [0.1, 0.15) is 23.8 Å². The van der Waals surface area contributed by atoms with Crippen LogP contribution in [0.3, 0.4) is 0 Å². The predicted molar refractivity (Wildman–Crippen MR) is 94.9 cm³/mol. The summed E-state index contributed by atoms with van der Waals surface area (Å²) in [4.78, 5) is 26.7. The average Bonchev–Trinajstić information content (AvgIpc) is 3.11. The number of amides is 1. The van der Waals surface area contributed by atoms with E-state index in [0.717, 1.165) is 11.4 Å². The second-order valence-electron chi connectivity index (χ2n) is 5.92. The molecule has 1 aliphatic heterocycles. The largest absolute Gasteiger partial charge is 0.497 e. The first kappa shape index (κ1) is 17.9. The Balaban J connectivity index is 1.88. The summed E-state index contributed by atoms with van der Waals surface area (Å²) in [6.45, 7) is 2.59. The number of hydrogen-bond acceptors (Lipinski definition) is 7. The number of ether oxygens (including phenoxy) is 1. The van der Waals surface area contributed by atoms with Gasteiger partial charge in [-0.25, -0.2) is 0 Å². The van der Waals surface area contributed by atoms with Crippen LogP contribution in [0, 0.1) is 0 Å². The summed E-state index contributed by atoms with van der Waals surface area (Å²) in [6.07, 6.45) is 0.549. The number of aliphatic hydroxyl groups is 1. The van der Waals surface area contributed by atoms with Crippen molar-refractivity contribution in [2.45, 2.75) is 25.9 Å². The van der Waals surface area contributed by atoms with Gasteiger partial charge in [-0.2, -0.15) is 0 Å². The minimum Gasteiger partial charge on any atom is -0.497 e. The summed E-state index contributed by atoms with van der Waals surface area (Å²) in [5.41, 5.74) is 0.0998. The Morgan fingerprint density at radius 3 is 2.65 bits per heavy atom. The lowest BCUT2D eigenvalue weighted by Crippen LogP contribution is -2.41. The van der Waals surface area contributed by atoms with Crippen LogP contribution >= 0.6 is 0 Å². The van der Waals surface area contributed by atoms with E-state index < -0.39 is 17.5 Å². The van der Waals surface area contributed by atoms with E-state index in [1.165, 1.54) is 4.57 Å². The Labute approximate surface area is 150 Å². The lowest BCUT2D eigenvalue weighted by Gasteiger charge is -2.17. The minimum absolute atomic E-state index is 0.201. The lowest BCUT2D eigenvalue weighted by atomic mass is 10.2. The van der Waals surface area contributed by atoms with Crippen LogP contribution in [-0.2, 0) is 6.54 Å². The van der Waals surface area contributed by atoms with Crippen LogP contribution in [0.4, 0.5) is 11.6 Å². The number of hydrogen-bond donors (Lipinski definition) is 2. The van der Waals surface area contributed by atoms with Gasteiger partial charge in [0.15, 0.2) is 0 Å². The fourth-order valence-corrected chi connectivity index (χ4v) is 2.79. The maximum Gasteiger partial charge on any atom is 0.286 e. The molecule has 0 unspecified atom stereocenters. The lowest BCUT2D eigenvalue weighted by molar-refractivity contribution is 0.0906. The maximum absolute atomic E-state index is 12.6. The minimum atomic E-state index is -0.624. The zero-order valence-electron chi connectivity index (χ0n) is 14.7. The molecule has 138 valence electrons. The Hall–Kier alpha value is -2.94. The third kappa shape index (κ3) is 3.25. The monoisotopic (exact) mass is 359 g/mol. The summed E-state index contributed by atoms with van der Waals surface area (Å²) in [6, 6.07) is 6.97. The van der Waals surface area contributed by atoms with Gasteiger partial charge in [-0.05, 0) is 30.7 Å². The topological polar surface area (TPSA) is 110 Å². The van der Waals surface area contributed by atoms with Crippen molar-refractivity contribution in [3.63, 3.8) is 0 Å². The number of aromatic nitrogens is 3. The molecular weight excluding hydrogens is 338 g/mol. The average molecular weight is 359 g/mol. The zero-order valence-corrected chi connectivity index (χ0v) is 14.7. The molecule has 0 saturated carbocycles. The first-order valence-corrected chi connectivity index (χ1v) is 8.39. The molecule has 0 saturated heterocycles. The highest BCUT2D eigenvalue weighted by atomic mass is 16.5. The van der Waals surface area contributed by atoms with Gasteiger partial charge in [-0.1, -0.05) is 6.92 Å². The van der Waals surface area contributed by atoms with E-state index >= 15 is 0 Å². The second kappa shape index (κ2) is 7.52. The Morgan fingerprint density at radius 1 is 1.31 bits per heavy atom. The molecule has 3 rings (SSSR count). The molecule has 1 aliphatic rings. The van der Waals surface area contributed by atoms with Gasteiger partial charge in [0, 0.05) is 18.8 Å². The van der Waals surface area contributed by atoms with Crippen molar-refractivity contribution in [3.05, 3.63) is 40.3 Å². The van der Waals surface area contributed by atoms with E-state index in [9.17, 15) is 14.7 Å². The number of benzene rings is 1. The molecule has 0 radical (unpaired) electrons. The summed E-state index contributed by atoms with van der Waals surface area (Å²) in [5, 5.41) is 19.7. The standard InChI is InChI=1S/C17H21N5O4/c1-3-11(10-23)18-15(24)14-16(25)22-9-8-21(17(22)20-19-14)12-4-6-13(26-2)7-5-12/h4-7,11,23H,3,8-10H2,1-2H3,(H,18,24)/t11-/m0/s1. The van der Waals surface area contributed by atoms with Crippen LogP contribution in [0.25, 0.3) is 0 Å². The van der Waals surface area contributed by atoms with Crippen LogP contribution in [0.15, 0.2) is 29.1 Å². The van der Waals surface area contributed by atoms with Crippen LogP contribution in [0.5, 0.6) is 5.75 Å². The van der Waals surface area contributed by atoms with Gasteiger partial charge < -0.3 is 20.1 Å². The Morgan fingerprint density at radius 2 is 2.04 bits per heavy atom. The number of nitrogens with zero attached hydrogens (tertiary/aromatic N) is 4. The van der Waals surface area contributed by atoms with Crippen molar-refractivity contribution in [2.75, 3.05) is 25.2 Å². The summed E-state index contributed by atoms with van der Waals surface area (Å²) >= 11 is 0. The van der Waals surface area contributed by atoms with Crippen molar-refractivity contribution in [2.24, 2.45) is 0 Å². The van der Waals surface area contributed by atoms with Gasteiger partial charge in [0.05, 0.1) is 19.8 Å². The first-order chi connectivity index (χ1) is 12.6. The highest BCUT2D eigenvalue weighted by molar-refractivity contribution is 5.92. The second-order valence-corrected chi connectivity index (χ2v) is 5.92. The van der Waals surface area contributed by atoms with Gasteiger partial charge in [0.2, 0.25) is 11.6 Å². The number of nitrogens with one attached hydrogen (secondary N) is 1. The maximum atomic E-state index is 12.6. The van der Waals surface area contributed by atoms with Crippen molar-refractivity contribution < 1.29 is 14.6 Å². The molecule has 1 atom stereocenters. The third-order valence-corrected chi connectivity index (χ3v) is 4.36. The van der Waals surface area contributed by atoms with Crippen LogP contribution in [-0.4, -0.2) is 52.1 Å². The van der Waals surface area contributed by atoms with Gasteiger partial charge >= 0.3 is 0 Å². The molecule has 2 heterocycles. The summed E-state index contributed by atoms with van der Waals surface area (Å²) in [7, 11) is 1.59. The van der Waals surface area contributed by atoms with E-state index in [1.54, 1.807) is 7.11 Å². The van der Waals surface area contributed by atoms with Gasteiger partial charge in [0.25, 0.3) is 11.5 Å². The predicted octanol–water partition coefficient (Wildman–Crippen LogP) is 0.299. The van der Waals surface area contributed by atoms with E-state index in [0.29, 0.717) is 25.5 Å². The highest BCUT2D eigenvalue weighted by Crippen LogP contribution is 2.28. The molecule has 0 fully saturated rings. The van der Waals surface area contributed by atoms with E-state index in [2.05, 4.69) is 15.5 Å². The van der Waals surface area contributed by atoms with E-state index in [4.69, 9.17) is 4.74 Å². The molecule has 0 bridgehead atoms. The Kier molecular flexibility index (Phi) is 5.17. The molecule has 26 heavy (non-hydrogen) atoms. The van der Waals surface area contributed by atoms with Gasteiger partial charge in [-0.15, -0.1) is 10.2 Å². The number of methoxy groups -OCH3 is 1. The molecule has 9 nitrogen and oxygen atoms in total. The SMILES string of the molecule is CC[C@@H](CO)NC(=O)c1nnc2n(c1=O)CCN2c1ccc(OC)cc1. The summed E-state index contributed by atoms with van der Waals surface area (Å²) < 4.78 is 6.59. The zero-order chi connectivity index (χ0) is 18.7. The quantitative estimate of drug-likeness (QED) is 0.763. The molecule has 1 aromatic heterocycles. The molecule has 0 aliphatic carbocycles. The molecule has 0 spiro atoms. The number of fused-ring (bicyclic) bond motifs is 1. The van der Waals surface area contributed by atoms with E-state index in [-0.39, 0.29) is 12.3 Å². The molecule has 9 heteroatoms. The molecular formula is C17H21N5O4. The van der Waals surface area contributed by atoms with Crippen molar-refractivity contribution in [3.8, 4) is 5.75 Å². The fraction of sp³-hybridized carbons (Fsp3) is 0.412. The number of aliphatic hydroxyl groups excluding tert-OH is 1. The number of carbonyl (C=O) groups is 1. The van der Waals surface area contributed by atoms with Crippen molar-refractivity contribution in [1.82, 2.24) is 20.1 Å². The fourth-order valence-electron chi connectivity index (χ4n) is 2.79. The van der Waals surface area contributed by atoms with Gasteiger partial charge in [0.1, 0.15) is 5.75 Å². The van der Waals surface area contributed by atoms with Crippen LogP contribution in [0.2, 0.25) is 0 Å². The number of anilines is 2. The van der Waals surface area contributed by atoms with Crippen molar-refractivity contribution >= 4 is 17.5 Å². The highest BCUT2D eigenvalue weighted by Gasteiger charge is 2.27. The molecule has 1 aromatic carbocycles. The normalized spacial score (nSPS) is 14.0. The van der Waals surface area contributed by atoms with Crippen LogP contribution < -0.4 is 20.5 Å².